The van der Waals surface area contributed by atoms with Gasteiger partial charge in [-0.3, -0.25) is 4.90 Å². The zero-order valence-electron chi connectivity index (χ0n) is 21.7. The number of amides is 1. The quantitative estimate of drug-likeness (QED) is 0.192. The monoisotopic (exact) mass is 543 g/mol. The molecule has 0 aliphatic carbocycles. The van der Waals surface area contributed by atoms with Gasteiger partial charge in [-0.1, -0.05) is 24.3 Å². The van der Waals surface area contributed by atoms with E-state index in [1.165, 1.54) is 23.8 Å². The Labute approximate surface area is 225 Å². The van der Waals surface area contributed by atoms with Crippen molar-refractivity contribution in [1.29, 1.82) is 0 Å². The molecule has 3 saturated heterocycles. The number of methoxy groups -OCH3 is 1. The van der Waals surface area contributed by atoms with E-state index in [-0.39, 0.29) is 29.8 Å². The molecule has 1 atom stereocenters. The molecule has 9 heteroatoms. The molecule has 3 aromatic carbocycles. The van der Waals surface area contributed by atoms with Gasteiger partial charge in [0.15, 0.2) is 23.6 Å². The summed E-state index contributed by atoms with van der Waals surface area (Å²) in [7, 11) is 1.64. The lowest BCUT2D eigenvalue weighted by Crippen LogP contribution is -2.65. The zero-order chi connectivity index (χ0) is 27.6. The van der Waals surface area contributed by atoms with Crippen LogP contribution in [0.2, 0.25) is 0 Å². The van der Waals surface area contributed by atoms with Crippen molar-refractivity contribution in [2.24, 2.45) is 5.92 Å². The van der Waals surface area contributed by atoms with Crippen LogP contribution in [-0.2, 0) is 17.7 Å². The van der Waals surface area contributed by atoms with Crippen molar-refractivity contribution in [3.63, 3.8) is 0 Å². The van der Waals surface area contributed by atoms with Crippen molar-refractivity contribution in [1.82, 2.24) is 0 Å². The van der Waals surface area contributed by atoms with Crippen LogP contribution in [0.4, 0.5) is 28.0 Å². The molecule has 6 rings (SSSR count). The SMILES string of the molecule is COc1ccc(CC[N+]23CCC(CC2)[C@@H](OC(=O)N(Cc2cc(F)c(F)c(F)c2)c2ccccc2F)C3)cc1. The molecular formula is C30H31F4N2O3+. The standard InChI is InChI=1S/C30H31F4N2O3/c1-38-23-8-6-20(7-9-23)10-13-36-14-11-22(12-15-36)28(19-36)39-30(37)35(27-5-3-2-4-24(27)31)18-21-16-25(32)29(34)26(33)17-21/h2-9,16-17,22,28H,10-15,18-19H2,1H3/q+1/t22?,28-,36?/m0/s1. The minimum Gasteiger partial charge on any atom is -0.497 e. The number of carbonyl (C=O) groups is 1. The van der Waals surface area contributed by atoms with Crippen LogP contribution in [0.1, 0.15) is 24.0 Å². The second kappa shape index (κ2) is 11.3. The third-order valence-corrected chi connectivity index (χ3v) is 8.08. The largest absolute Gasteiger partial charge is 0.497 e. The predicted molar refractivity (Wildman–Crippen MR) is 138 cm³/mol. The first-order chi connectivity index (χ1) is 18.8. The molecule has 3 aliphatic heterocycles. The Morgan fingerprint density at radius 3 is 2.23 bits per heavy atom. The molecule has 0 unspecified atom stereocenters. The minimum atomic E-state index is -1.60. The van der Waals surface area contributed by atoms with Crippen LogP contribution in [0.3, 0.4) is 0 Å². The van der Waals surface area contributed by atoms with Crippen molar-refractivity contribution in [2.45, 2.75) is 31.9 Å². The lowest BCUT2D eigenvalue weighted by atomic mass is 9.83. The Kier molecular flexibility index (Phi) is 7.79. The number of para-hydroxylation sites is 1. The van der Waals surface area contributed by atoms with E-state index in [0.29, 0.717) is 6.54 Å². The maximum absolute atomic E-state index is 14.8. The fourth-order valence-corrected chi connectivity index (χ4v) is 5.82. The van der Waals surface area contributed by atoms with Crippen LogP contribution >= 0.6 is 0 Å². The van der Waals surface area contributed by atoms with Crippen LogP contribution in [0.25, 0.3) is 0 Å². The van der Waals surface area contributed by atoms with Gasteiger partial charge in [0, 0.05) is 25.2 Å². The highest BCUT2D eigenvalue weighted by atomic mass is 19.2. The molecule has 3 aromatic rings. The van der Waals surface area contributed by atoms with E-state index in [2.05, 4.69) is 12.1 Å². The highest BCUT2D eigenvalue weighted by Crippen LogP contribution is 2.36. The van der Waals surface area contributed by atoms with Crippen molar-refractivity contribution >= 4 is 11.8 Å². The average molecular weight is 544 g/mol. The molecule has 0 spiro atoms. The number of rotatable bonds is 8. The van der Waals surface area contributed by atoms with E-state index in [1.54, 1.807) is 13.2 Å². The molecule has 3 aliphatic rings. The summed E-state index contributed by atoms with van der Waals surface area (Å²) in [6.07, 6.45) is 1.52. The van der Waals surface area contributed by atoms with Crippen molar-refractivity contribution in [2.75, 3.05) is 38.2 Å². The van der Waals surface area contributed by atoms with E-state index in [1.807, 2.05) is 12.1 Å². The summed E-state index contributed by atoms with van der Waals surface area (Å²) in [5.41, 5.74) is 1.09. The normalized spacial score (nSPS) is 22.0. The van der Waals surface area contributed by atoms with E-state index >= 15 is 0 Å². The first kappa shape index (κ1) is 27.0. The molecule has 2 bridgehead atoms. The molecule has 0 radical (unpaired) electrons. The molecule has 0 N–H and O–H groups in total. The Balaban J connectivity index is 1.32. The average Bonchev–Trinajstić information content (AvgIpc) is 2.95. The summed E-state index contributed by atoms with van der Waals surface area (Å²) in [4.78, 5) is 14.5. The van der Waals surface area contributed by atoms with Gasteiger partial charge in [0.1, 0.15) is 18.1 Å². The van der Waals surface area contributed by atoms with Gasteiger partial charge in [0.25, 0.3) is 0 Å². The topological polar surface area (TPSA) is 38.8 Å². The number of benzene rings is 3. The lowest BCUT2D eigenvalue weighted by molar-refractivity contribution is -0.945. The van der Waals surface area contributed by atoms with Gasteiger partial charge in [0.05, 0.1) is 39.0 Å². The van der Waals surface area contributed by atoms with Gasteiger partial charge in [-0.05, 0) is 47.5 Å². The number of nitrogens with zero attached hydrogens (tertiary/aromatic N) is 2. The van der Waals surface area contributed by atoms with Gasteiger partial charge < -0.3 is 14.0 Å². The van der Waals surface area contributed by atoms with Gasteiger partial charge >= 0.3 is 6.09 Å². The Hall–Kier alpha value is -3.59. The molecular weight excluding hydrogens is 512 g/mol. The first-order valence-electron chi connectivity index (χ1n) is 13.1. The van der Waals surface area contributed by atoms with Crippen LogP contribution < -0.4 is 9.64 Å². The number of quaternary nitrogens is 1. The van der Waals surface area contributed by atoms with Gasteiger partial charge in [-0.15, -0.1) is 0 Å². The number of ether oxygens (including phenoxy) is 2. The Morgan fingerprint density at radius 2 is 1.59 bits per heavy atom. The van der Waals surface area contributed by atoms with Crippen LogP contribution in [-0.4, -0.2) is 50.0 Å². The third kappa shape index (κ3) is 5.88. The highest BCUT2D eigenvalue weighted by Gasteiger charge is 2.47. The smallest absolute Gasteiger partial charge is 0.415 e. The summed E-state index contributed by atoms with van der Waals surface area (Å²) >= 11 is 0. The van der Waals surface area contributed by atoms with Gasteiger partial charge in [0.2, 0.25) is 0 Å². The minimum absolute atomic E-state index is 0.0245. The summed E-state index contributed by atoms with van der Waals surface area (Å²) in [5.74, 6) is -4.05. The molecule has 0 saturated carbocycles. The number of piperidine rings is 3. The number of halogens is 4. The molecule has 3 fully saturated rings. The van der Waals surface area contributed by atoms with Crippen LogP contribution in [0.5, 0.6) is 5.75 Å². The number of hydrogen-bond donors (Lipinski definition) is 0. The molecule has 1 amide bonds. The maximum atomic E-state index is 14.8. The first-order valence-corrected chi connectivity index (χ1v) is 13.1. The van der Waals surface area contributed by atoms with Crippen molar-refractivity contribution in [3.05, 3.63) is 95.1 Å². The summed E-state index contributed by atoms with van der Waals surface area (Å²) in [6.45, 7) is 3.17. The predicted octanol–water partition coefficient (Wildman–Crippen LogP) is 6.25. The molecule has 5 nitrogen and oxygen atoms in total. The van der Waals surface area contributed by atoms with E-state index in [9.17, 15) is 22.4 Å². The number of hydrogen-bond acceptors (Lipinski definition) is 3. The lowest BCUT2D eigenvalue weighted by Gasteiger charge is -2.52. The van der Waals surface area contributed by atoms with E-state index in [4.69, 9.17) is 9.47 Å². The highest BCUT2D eigenvalue weighted by molar-refractivity contribution is 5.87. The Bertz CT molecular complexity index is 1300. The fourth-order valence-electron chi connectivity index (χ4n) is 5.82. The fraction of sp³-hybridized carbons (Fsp3) is 0.367. The van der Waals surface area contributed by atoms with Gasteiger partial charge in [-0.25, -0.2) is 22.4 Å². The number of fused-ring (bicyclic) bond motifs is 3. The molecule has 0 aromatic heterocycles. The number of anilines is 1. The Morgan fingerprint density at radius 1 is 0.923 bits per heavy atom. The summed E-state index contributed by atoms with van der Waals surface area (Å²) < 4.78 is 68.1. The maximum Gasteiger partial charge on any atom is 0.415 e. The van der Waals surface area contributed by atoms with Crippen molar-refractivity contribution < 1.29 is 36.3 Å². The summed E-state index contributed by atoms with van der Waals surface area (Å²) in [5, 5.41) is 0. The second-order valence-electron chi connectivity index (χ2n) is 10.5. The zero-order valence-corrected chi connectivity index (χ0v) is 21.7. The van der Waals surface area contributed by atoms with Crippen LogP contribution in [0.15, 0.2) is 60.7 Å². The molecule has 206 valence electrons. The molecule has 39 heavy (non-hydrogen) atoms. The number of carbonyl (C=O) groups excluding carboxylic acids is 1. The van der Waals surface area contributed by atoms with Crippen molar-refractivity contribution in [3.8, 4) is 5.75 Å². The van der Waals surface area contributed by atoms with Crippen LogP contribution in [0, 0.1) is 29.2 Å². The van der Waals surface area contributed by atoms with E-state index in [0.717, 1.165) is 66.2 Å². The second-order valence-corrected chi connectivity index (χ2v) is 10.5. The molecule has 3 heterocycles. The third-order valence-electron chi connectivity index (χ3n) is 8.08. The van der Waals surface area contributed by atoms with Gasteiger partial charge in [-0.2, -0.15) is 0 Å². The summed E-state index contributed by atoms with van der Waals surface area (Å²) in [6, 6.07) is 15.2. The van der Waals surface area contributed by atoms with E-state index < -0.39 is 29.4 Å².